The number of benzene rings is 3. The molecule has 0 heterocycles. The van der Waals surface area contributed by atoms with Gasteiger partial charge in [-0.15, -0.1) is 0 Å². The van der Waals surface area contributed by atoms with Crippen LogP contribution in [-0.4, -0.2) is 6.16 Å². The number of hydrogen-bond donors (Lipinski definition) is 0. The molecule has 0 aliphatic rings. The van der Waals surface area contributed by atoms with Gasteiger partial charge in [0, 0.05) is 5.56 Å². The van der Waals surface area contributed by atoms with Crippen molar-refractivity contribution < 1.29 is 14.3 Å². The molecule has 0 saturated heterocycles. The number of hydrogen-bond acceptors (Lipinski definition) is 3. The van der Waals surface area contributed by atoms with E-state index in [0.717, 1.165) is 29.5 Å². The van der Waals surface area contributed by atoms with Crippen molar-refractivity contribution in [2.75, 3.05) is 0 Å². The van der Waals surface area contributed by atoms with Crippen LogP contribution in [0.15, 0.2) is 78.9 Å². The van der Waals surface area contributed by atoms with E-state index in [2.05, 4.69) is 6.92 Å². The summed E-state index contributed by atoms with van der Waals surface area (Å²) in [7, 11) is 0. The minimum atomic E-state index is -0.730. The van der Waals surface area contributed by atoms with Gasteiger partial charge in [-0.25, -0.2) is 4.79 Å². The fourth-order valence-electron chi connectivity index (χ4n) is 2.69. The summed E-state index contributed by atoms with van der Waals surface area (Å²) in [5.41, 5.74) is 2.83. The van der Waals surface area contributed by atoms with Crippen LogP contribution in [-0.2, 0) is 6.42 Å². The molecule has 25 heavy (non-hydrogen) atoms. The summed E-state index contributed by atoms with van der Waals surface area (Å²) in [6.07, 6.45) is 1.10. The number of para-hydroxylation sites is 2. The molecule has 0 aliphatic heterocycles. The summed E-state index contributed by atoms with van der Waals surface area (Å²) < 4.78 is 10.9. The summed E-state index contributed by atoms with van der Waals surface area (Å²) in [4.78, 5) is 12.3. The van der Waals surface area contributed by atoms with Crippen LogP contribution in [0.4, 0.5) is 4.79 Å². The van der Waals surface area contributed by atoms with Crippen LogP contribution < -0.4 is 9.47 Å². The quantitative estimate of drug-likeness (QED) is 0.432. The molecular weight excluding hydrogens is 312 g/mol. The van der Waals surface area contributed by atoms with Gasteiger partial charge in [0.25, 0.3) is 0 Å². The van der Waals surface area contributed by atoms with Gasteiger partial charge in [0.15, 0.2) is 0 Å². The van der Waals surface area contributed by atoms with E-state index in [1.807, 2.05) is 66.7 Å². The molecule has 0 radical (unpaired) electrons. The Morgan fingerprint density at radius 3 is 2.12 bits per heavy atom. The maximum atomic E-state index is 12.3. The third-order valence-electron chi connectivity index (χ3n) is 3.85. The number of aryl methyl sites for hydroxylation is 1. The second kappa shape index (κ2) is 8.15. The van der Waals surface area contributed by atoms with Crippen LogP contribution in [0.5, 0.6) is 11.5 Å². The fourth-order valence-corrected chi connectivity index (χ4v) is 2.69. The Labute approximate surface area is 147 Å². The van der Waals surface area contributed by atoms with E-state index in [0.29, 0.717) is 11.5 Å². The number of carbonyl (C=O) groups excluding carboxylic acids is 1. The topological polar surface area (TPSA) is 35.5 Å². The molecule has 126 valence electrons. The third kappa shape index (κ3) is 4.27. The van der Waals surface area contributed by atoms with Gasteiger partial charge in [0.1, 0.15) is 11.5 Å². The Morgan fingerprint density at radius 1 is 0.760 bits per heavy atom. The molecule has 3 rings (SSSR count). The maximum absolute atomic E-state index is 12.3. The smallest absolute Gasteiger partial charge is 0.394 e. The minimum absolute atomic E-state index is 0.478. The average molecular weight is 332 g/mol. The minimum Gasteiger partial charge on any atom is -0.394 e. The van der Waals surface area contributed by atoms with E-state index < -0.39 is 6.16 Å². The van der Waals surface area contributed by atoms with Crippen molar-refractivity contribution >= 4 is 6.16 Å². The average Bonchev–Trinajstić information content (AvgIpc) is 2.65. The van der Waals surface area contributed by atoms with Crippen LogP contribution in [0.3, 0.4) is 0 Å². The first kappa shape index (κ1) is 16.8. The van der Waals surface area contributed by atoms with Crippen molar-refractivity contribution in [2.24, 2.45) is 0 Å². The SMILES string of the molecule is CCCc1ccccc1OC(=O)Oc1ccccc1-c1ccccc1. The van der Waals surface area contributed by atoms with Gasteiger partial charge in [-0.1, -0.05) is 80.1 Å². The molecule has 0 atom stereocenters. The van der Waals surface area contributed by atoms with Crippen LogP contribution in [0.1, 0.15) is 18.9 Å². The summed E-state index contributed by atoms with van der Waals surface area (Å²) >= 11 is 0. The van der Waals surface area contributed by atoms with Gasteiger partial charge in [-0.3, -0.25) is 0 Å². The number of rotatable bonds is 5. The molecule has 3 aromatic rings. The van der Waals surface area contributed by atoms with E-state index in [-0.39, 0.29) is 0 Å². The summed E-state index contributed by atoms with van der Waals surface area (Å²) in [6.45, 7) is 2.09. The first-order chi connectivity index (χ1) is 12.3. The van der Waals surface area contributed by atoms with Crippen LogP contribution in [0.25, 0.3) is 11.1 Å². The van der Waals surface area contributed by atoms with E-state index in [1.165, 1.54) is 0 Å². The lowest BCUT2D eigenvalue weighted by molar-refractivity contribution is 0.151. The Kier molecular flexibility index (Phi) is 5.47. The molecule has 3 aromatic carbocycles. The van der Waals surface area contributed by atoms with E-state index >= 15 is 0 Å². The zero-order chi connectivity index (χ0) is 17.5. The number of ether oxygens (including phenoxy) is 2. The molecular formula is C22H20O3. The fraction of sp³-hybridized carbons (Fsp3) is 0.136. The molecule has 0 aliphatic carbocycles. The van der Waals surface area contributed by atoms with E-state index in [1.54, 1.807) is 12.1 Å². The summed E-state index contributed by atoms with van der Waals surface area (Å²) in [5.74, 6) is 1.03. The lowest BCUT2D eigenvalue weighted by Crippen LogP contribution is -2.15. The molecule has 0 spiro atoms. The first-order valence-electron chi connectivity index (χ1n) is 8.40. The molecule has 0 aromatic heterocycles. The lowest BCUT2D eigenvalue weighted by atomic mass is 10.1. The third-order valence-corrected chi connectivity index (χ3v) is 3.85. The van der Waals surface area contributed by atoms with Crippen molar-refractivity contribution in [2.45, 2.75) is 19.8 Å². The molecule has 0 amide bonds. The number of carbonyl (C=O) groups is 1. The van der Waals surface area contributed by atoms with Gasteiger partial charge in [-0.2, -0.15) is 0 Å². The molecule has 0 N–H and O–H groups in total. The Hall–Kier alpha value is -3.07. The molecule has 0 saturated carbocycles. The van der Waals surface area contributed by atoms with Gasteiger partial charge >= 0.3 is 6.16 Å². The van der Waals surface area contributed by atoms with Gasteiger partial charge in [0.05, 0.1) is 0 Å². The second-order valence-corrected chi connectivity index (χ2v) is 5.67. The highest BCUT2D eigenvalue weighted by Gasteiger charge is 2.14. The van der Waals surface area contributed by atoms with Gasteiger partial charge < -0.3 is 9.47 Å². The Balaban J connectivity index is 1.79. The Bertz CT molecular complexity index is 841. The summed E-state index contributed by atoms with van der Waals surface area (Å²) in [6, 6.07) is 24.8. The van der Waals surface area contributed by atoms with Gasteiger partial charge in [-0.05, 0) is 29.7 Å². The van der Waals surface area contributed by atoms with Crippen molar-refractivity contribution in [3.05, 3.63) is 84.4 Å². The molecule has 3 heteroatoms. The molecule has 0 bridgehead atoms. The van der Waals surface area contributed by atoms with Crippen LogP contribution >= 0.6 is 0 Å². The predicted molar refractivity (Wildman–Crippen MR) is 99.0 cm³/mol. The van der Waals surface area contributed by atoms with E-state index in [9.17, 15) is 4.79 Å². The Morgan fingerprint density at radius 2 is 1.36 bits per heavy atom. The summed E-state index contributed by atoms with van der Waals surface area (Å²) in [5, 5.41) is 0. The zero-order valence-corrected chi connectivity index (χ0v) is 14.1. The first-order valence-corrected chi connectivity index (χ1v) is 8.40. The standard InChI is InChI=1S/C22H20O3/c1-2-10-18-13-6-8-15-20(18)24-22(23)25-21-16-9-7-14-19(21)17-11-4-3-5-12-17/h3-9,11-16H,2,10H2,1H3. The highest BCUT2D eigenvalue weighted by atomic mass is 16.7. The van der Waals surface area contributed by atoms with Crippen molar-refractivity contribution in [3.63, 3.8) is 0 Å². The molecule has 0 fully saturated rings. The zero-order valence-electron chi connectivity index (χ0n) is 14.1. The second-order valence-electron chi connectivity index (χ2n) is 5.67. The van der Waals surface area contributed by atoms with Crippen LogP contribution in [0.2, 0.25) is 0 Å². The molecule has 3 nitrogen and oxygen atoms in total. The molecule has 0 unspecified atom stereocenters. The van der Waals surface area contributed by atoms with Crippen molar-refractivity contribution in [3.8, 4) is 22.6 Å². The van der Waals surface area contributed by atoms with Crippen molar-refractivity contribution in [1.82, 2.24) is 0 Å². The van der Waals surface area contributed by atoms with Crippen LogP contribution in [0, 0.1) is 0 Å². The van der Waals surface area contributed by atoms with Gasteiger partial charge in [0.2, 0.25) is 0 Å². The lowest BCUT2D eigenvalue weighted by Gasteiger charge is -2.12. The van der Waals surface area contributed by atoms with E-state index in [4.69, 9.17) is 9.47 Å². The van der Waals surface area contributed by atoms with Crippen molar-refractivity contribution in [1.29, 1.82) is 0 Å². The predicted octanol–water partition coefficient (Wildman–Crippen LogP) is 5.88. The highest BCUT2D eigenvalue weighted by molar-refractivity contribution is 5.75. The maximum Gasteiger partial charge on any atom is 0.519 e. The highest BCUT2D eigenvalue weighted by Crippen LogP contribution is 2.30. The largest absolute Gasteiger partial charge is 0.519 e. The normalized spacial score (nSPS) is 10.3. The monoisotopic (exact) mass is 332 g/mol.